The number of ether oxygens (including phenoxy) is 1. The van der Waals surface area contributed by atoms with Crippen molar-refractivity contribution in [1.82, 2.24) is 4.98 Å². The molecule has 2 heteroatoms. The van der Waals surface area contributed by atoms with Crippen molar-refractivity contribution in [2.45, 2.75) is 13.2 Å². The Balaban J connectivity index is 1.65. The first kappa shape index (κ1) is 11.9. The molecule has 0 aliphatic heterocycles. The number of nitrogens with zero attached hydrogens (tertiary/aromatic N) is 1. The minimum Gasteiger partial charge on any atom is -0.372 e. The van der Waals surface area contributed by atoms with Crippen molar-refractivity contribution >= 4 is 10.8 Å². The third kappa shape index (κ3) is 2.98. The fraction of sp³-hybridized carbons (Fsp3) is 0.118. The molecule has 0 bridgehead atoms. The molecule has 1 heterocycles. The highest BCUT2D eigenvalue weighted by Gasteiger charge is 1.97. The maximum Gasteiger partial charge on any atom is 0.0722 e. The normalized spacial score (nSPS) is 10.7. The Morgan fingerprint density at radius 1 is 0.737 bits per heavy atom. The quantitative estimate of drug-likeness (QED) is 0.698. The summed E-state index contributed by atoms with van der Waals surface area (Å²) in [7, 11) is 0. The maximum atomic E-state index is 5.73. The summed E-state index contributed by atoms with van der Waals surface area (Å²) in [6.45, 7) is 1.25. The third-order valence-corrected chi connectivity index (χ3v) is 3.10. The van der Waals surface area contributed by atoms with Gasteiger partial charge < -0.3 is 4.74 Å². The van der Waals surface area contributed by atoms with Crippen LogP contribution in [-0.4, -0.2) is 4.98 Å². The highest BCUT2D eigenvalue weighted by atomic mass is 16.5. The largest absolute Gasteiger partial charge is 0.372 e. The van der Waals surface area contributed by atoms with Crippen molar-refractivity contribution in [3.63, 3.8) is 0 Å². The predicted octanol–water partition coefficient (Wildman–Crippen LogP) is 3.95. The molecule has 0 fully saturated rings. The summed E-state index contributed by atoms with van der Waals surface area (Å²) in [6.07, 6.45) is 3.57. The van der Waals surface area contributed by atoms with Crippen LogP contribution in [0.3, 0.4) is 0 Å². The number of pyridine rings is 1. The van der Waals surface area contributed by atoms with Crippen LogP contribution in [0.4, 0.5) is 0 Å². The lowest BCUT2D eigenvalue weighted by atomic mass is 10.1. The molecule has 0 atom stereocenters. The van der Waals surface area contributed by atoms with Gasteiger partial charge in [0.15, 0.2) is 0 Å². The van der Waals surface area contributed by atoms with E-state index in [9.17, 15) is 0 Å². The zero-order valence-corrected chi connectivity index (χ0v) is 10.6. The van der Waals surface area contributed by atoms with Crippen LogP contribution in [0.15, 0.2) is 67.0 Å². The van der Waals surface area contributed by atoms with Crippen molar-refractivity contribution in [1.29, 1.82) is 0 Å². The van der Waals surface area contributed by atoms with E-state index in [1.54, 1.807) is 12.4 Å². The van der Waals surface area contributed by atoms with E-state index in [4.69, 9.17) is 4.74 Å². The number of rotatable bonds is 4. The van der Waals surface area contributed by atoms with Gasteiger partial charge in [0, 0.05) is 12.4 Å². The van der Waals surface area contributed by atoms with Gasteiger partial charge in [-0.05, 0) is 40.1 Å². The lowest BCUT2D eigenvalue weighted by Gasteiger charge is -2.06. The number of hydrogen-bond acceptors (Lipinski definition) is 2. The second kappa shape index (κ2) is 5.63. The summed E-state index contributed by atoms with van der Waals surface area (Å²) >= 11 is 0. The van der Waals surface area contributed by atoms with Crippen LogP contribution in [0.2, 0.25) is 0 Å². The molecule has 0 saturated carbocycles. The molecule has 3 aromatic rings. The van der Waals surface area contributed by atoms with E-state index in [1.807, 2.05) is 12.1 Å². The van der Waals surface area contributed by atoms with Gasteiger partial charge in [-0.15, -0.1) is 0 Å². The van der Waals surface area contributed by atoms with E-state index < -0.39 is 0 Å². The first-order valence-electron chi connectivity index (χ1n) is 6.36. The number of aromatic nitrogens is 1. The summed E-state index contributed by atoms with van der Waals surface area (Å²) in [5.74, 6) is 0. The van der Waals surface area contributed by atoms with Gasteiger partial charge >= 0.3 is 0 Å². The smallest absolute Gasteiger partial charge is 0.0722 e. The topological polar surface area (TPSA) is 22.1 Å². The Bertz CT molecular complexity index is 664. The van der Waals surface area contributed by atoms with Gasteiger partial charge in [-0.25, -0.2) is 0 Å². The summed E-state index contributed by atoms with van der Waals surface area (Å²) in [4.78, 5) is 3.99. The molecule has 2 nitrogen and oxygen atoms in total. The molecule has 0 aliphatic carbocycles. The van der Waals surface area contributed by atoms with E-state index in [0.717, 1.165) is 5.56 Å². The Kier molecular flexibility index (Phi) is 3.52. The Hall–Kier alpha value is -2.19. The molecule has 0 radical (unpaired) electrons. The van der Waals surface area contributed by atoms with Crippen molar-refractivity contribution < 1.29 is 4.74 Å². The molecule has 0 N–H and O–H groups in total. The van der Waals surface area contributed by atoms with Crippen molar-refractivity contribution in [2.24, 2.45) is 0 Å². The molecule has 3 rings (SSSR count). The van der Waals surface area contributed by atoms with Crippen LogP contribution in [0, 0.1) is 0 Å². The molecule has 19 heavy (non-hydrogen) atoms. The Morgan fingerprint density at radius 2 is 1.47 bits per heavy atom. The molecular formula is C17H15NO. The Morgan fingerprint density at radius 3 is 2.32 bits per heavy atom. The van der Waals surface area contributed by atoms with E-state index in [2.05, 4.69) is 47.4 Å². The van der Waals surface area contributed by atoms with Gasteiger partial charge in [-0.2, -0.15) is 0 Å². The lowest BCUT2D eigenvalue weighted by Crippen LogP contribution is -1.94. The highest BCUT2D eigenvalue weighted by molar-refractivity contribution is 5.82. The molecule has 0 unspecified atom stereocenters. The van der Waals surface area contributed by atoms with Gasteiger partial charge in [0.05, 0.1) is 13.2 Å². The van der Waals surface area contributed by atoms with E-state index in [1.165, 1.54) is 16.3 Å². The fourth-order valence-electron chi connectivity index (χ4n) is 2.09. The fourth-order valence-corrected chi connectivity index (χ4v) is 2.09. The molecule has 94 valence electrons. The van der Waals surface area contributed by atoms with Gasteiger partial charge in [0.2, 0.25) is 0 Å². The molecule has 0 amide bonds. The van der Waals surface area contributed by atoms with Crippen LogP contribution in [0.5, 0.6) is 0 Å². The van der Waals surface area contributed by atoms with Crippen LogP contribution in [0.25, 0.3) is 10.8 Å². The second-order valence-electron chi connectivity index (χ2n) is 4.53. The minimum absolute atomic E-state index is 0.620. The first-order chi connectivity index (χ1) is 9.42. The number of fused-ring (bicyclic) bond motifs is 1. The lowest BCUT2D eigenvalue weighted by molar-refractivity contribution is 0.107. The standard InChI is InChI=1S/C17H15NO/c1-2-4-17-11-15(5-6-16(17)3-1)13-19-12-14-7-9-18-10-8-14/h1-11H,12-13H2. The van der Waals surface area contributed by atoms with Gasteiger partial charge in [-0.3, -0.25) is 4.98 Å². The molecule has 0 spiro atoms. The van der Waals surface area contributed by atoms with Crippen LogP contribution in [0.1, 0.15) is 11.1 Å². The van der Waals surface area contributed by atoms with Crippen molar-refractivity contribution in [3.8, 4) is 0 Å². The molecule has 1 aromatic heterocycles. The predicted molar refractivity (Wildman–Crippen MR) is 76.7 cm³/mol. The summed E-state index contributed by atoms with van der Waals surface area (Å²) in [5, 5.41) is 2.52. The van der Waals surface area contributed by atoms with E-state index in [-0.39, 0.29) is 0 Å². The number of hydrogen-bond donors (Lipinski definition) is 0. The molecular weight excluding hydrogens is 234 g/mol. The average Bonchev–Trinajstić information content (AvgIpc) is 2.48. The first-order valence-corrected chi connectivity index (χ1v) is 6.36. The highest BCUT2D eigenvalue weighted by Crippen LogP contribution is 2.16. The van der Waals surface area contributed by atoms with Crippen molar-refractivity contribution in [2.75, 3.05) is 0 Å². The zero-order valence-electron chi connectivity index (χ0n) is 10.6. The summed E-state index contributed by atoms with van der Waals surface area (Å²) < 4.78 is 5.73. The second-order valence-corrected chi connectivity index (χ2v) is 4.53. The Labute approximate surface area is 112 Å². The van der Waals surface area contributed by atoms with E-state index in [0.29, 0.717) is 13.2 Å². The van der Waals surface area contributed by atoms with Gasteiger partial charge in [0.1, 0.15) is 0 Å². The minimum atomic E-state index is 0.620. The maximum absolute atomic E-state index is 5.73. The van der Waals surface area contributed by atoms with Crippen LogP contribution in [-0.2, 0) is 18.0 Å². The molecule has 0 saturated heterocycles. The van der Waals surface area contributed by atoms with Gasteiger partial charge in [0.25, 0.3) is 0 Å². The van der Waals surface area contributed by atoms with Crippen LogP contribution < -0.4 is 0 Å². The molecule has 0 aliphatic rings. The zero-order chi connectivity index (χ0) is 12.9. The van der Waals surface area contributed by atoms with Crippen molar-refractivity contribution in [3.05, 3.63) is 78.1 Å². The van der Waals surface area contributed by atoms with E-state index >= 15 is 0 Å². The number of benzene rings is 2. The third-order valence-electron chi connectivity index (χ3n) is 3.10. The monoisotopic (exact) mass is 249 g/mol. The molecule has 2 aromatic carbocycles. The van der Waals surface area contributed by atoms with Gasteiger partial charge in [-0.1, -0.05) is 36.4 Å². The average molecular weight is 249 g/mol. The van der Waals surface area contributed by atoms with Crippen LogP contribution >= 0.6 is 0 Å². The summed E-state index contributed by atoms with van der Waals surface area (Å²) in [6, 6.07) is 18.8. The summed E-state index contributed by atoms with van der Waals surface area (Å²) in [5.41, 5.74) is 2.35. The SMILES string of the molecule is c1ccc2cc(COCc3ccncc3)ccc2c1.